The van der Waals surface area contributed by atoms with Gasteiger partial charge in [-0.3, -0.25) is 4.90 Å². The van der Waals surface area contributed by atoms with Crippen LogP contribution in [0.1, 0.15) is 25.0 Å². The number of ether oxygens (including phenoxy) is 1. The van der Waals surface area contributed by atoms with Gasteiger partial charge in [0.2, 0.25) is 5.88 Å². The lowest BCUT2D eigenvalue weighted by Gasteiger charge is -2.27. The van der Waals surface area contributed by atoms with Crippen molar-refractivity contribution in [2.45, 2.75) is 33.0 Å². The number of benzene rings is 2. The number of hydrogen-bond acceptors (Lipinski definition) is 6. The Balaban J connectivity index is 1.95. The number of aromatic nitrogens is 1. The topological polar surface area (TPSA) is 62.0 Å². The second kappa shape index (κ2) is 13.0. The van der Waals surface area contributed by atoms with E-state index in [1.807, 2.05) is 41.3 Å². The van der Waals surface area contributed by atoms with Crippen molar-refractivity contribution in [1.82, 2.24) is 10.1 Å². The molecule has 0 radical (unpaired) electrons. The van der Waals surface area contributed by atoms with Gasteiger partial charge in [0.05, 0.1) is 24.9 Å². The van der Waals surface area contributed by atoms with Gasteiger partial charge >= 0.3 is 0 Å². The van der Waals surface area contributed by atoms with Crippen molar-refractivity contribution in [3.63, 3.8) is 0 Å². The van der Waals surface area contributed by atoms with E-state index in [0.29, 0.717) is 37.7 Å². The van der Waals surface area contributed by atoms with Gasteiger partial charge in [0, 0.05) is 43.9 Å². The number of halogens is 1. The molecule has 0 aliphatic rings. The fraction of sp³-hybridized carbons (Fsp3) is 0.370. The van der Waals surface area contributed by atoms with Crippen LogP contribution in [0, 0.1) is 5.82 Å². The van der Waals surface area contributed by atoms with Gasteiger partial charge in [0.1, 0.15) is 11.5 Å². The lowest BCUT2D eigenvalue weighted by molar-refractivity contribution is 0.0227. The molecular weight excluding hydrogens is 433 g/mol. The summed E-state index contributed by atoms with van der Waals surface area (Å²) in [6.45, 7) is 10.9. The van der Waals surface area contributed by atoms with Crippen LogP contribution in [0.2, 0.25) is 0 Å². The summed E-state index contributed by atoms with van der Waals surface area (Å²) in [5.74, 6) is 0.419. The van der Waals surface area contributed by atoms with Crippen molar-refractivity contribution in [2.24, 2.45) is 0 Å². The lowest BCUT2D eigenvalue weighted by atomic mass is 10.1. The molecule has 0 amide bonds. The molecule has 0 saturated heterocycles. The lowest BCUT2D eigenvalue weighted by Crippen LogP contribution is -2.35. The molecule has 1 atom stereocenters. The normalized spacial score (nSPS) is 12.1. The zero-order chi connectivity index (χ0) is 24.3. The molecule has 0 spiro atoms. The summed E-state index contributed by atoms with van der Waals surface area (Å²) < 4.78 is 25.8. The molecule has 7 heteroatoms. The summed E-state index contributed by atoms with van der Waals surface area (Å²) in [7, 11) is 0. The quantitative estimate of drug-likeness (QED) is 0.269. The highest BCUT2D eigenvalue weighted by Crippen LogP contribution is 2.33. The van der Waals surface area contributed by atoms with Gasteiger partial charge in [0.15, 0.2) is 0 Å². The Kier molecular flexibility index (Phi) is 9.82. The Bertz CT molecular complexity index is 1020. The molecule has 0 saturated carbocycles. The molecule has 0 bridgehead atoms. The minimum Gasteiger partial charge on any atom is -0.389 e. The highest BCUT2D eigenvalue weighted by atomic mass is 19.1. The molecule has 0 aliphatic carbocycles. The van der Waals surface area contributed by atoms with Gasteiger partial charge in [-0.15, -0.1) is 6.58 Å². The number of hydrogen-bond donors (Lipinski definition) is 1. The Morgan fingerprint density at radius 1 is 1.09 bits per heavy atom. The van der Waals surface area contributed by atoms with Crippen molar-refractivity contribution in [1.29, 1.82) is 0 Å². The molecule has 1 aromatic heterocycles. The predicted molar refractivity (Wildman–Crippen MR) is 133 cm³/mol. The minimum absolute atomic E-state index is 0.165. The summed E-state index contributed by atoms with van der Waals surface area (Å²) in [4.78, 5) is 4.12. The van der Waals surface area contributed by atoms with E-state index >= 15 is 0 Å². The van der Waals surface area contributed by atoms with Gasteiger partial charge in [-0.05, 0) is 19.9 Å². The highest BCUT2D eigenvalue weighted by molar-refractivity contribution is 5.68. The number of aliphatic hydroxyl groups is 1. The number of anilines is 1. The van der Waals surface area contributed by atoms with E-state index in [0.717, 1.165) is 29.9 Å². The zero-order valence-electron chi connectivity index (χ0n) is 20.0. The molecule has 1 N–H and O–H groups in total. The van der Waals surface area contributed by atoms with Crippen molar-refractivity contribution in [3.8, 4) is 11.3 Å². The first-order valence-electron chi connectivity index (χ1n) is 11.7. The molecule has 0 fully saturated rings. The van der Waals surface area contributed by atoms with E-state index in [-0.39, 0.29) is 12.4 Å². The number of nitrogens with zero attached hydrogens (tertiary/aromatic N) is 3. The van der Waals surface area contributed by atoms with Crippen LogP contribution in [0.15, 0.2) is 71.8 Å². The van der Waals surface area contributed by atoms with Crippen LogP contribution in [-0.4, -0.2) is 54.1 Å². The Morgan fingerprint density at radius 2 is 1.79 bits per heavy atom. The molecule has 3 aromatic rings. The third-order valence-corrected chi connectivity index (χ3v) is 5.61. The van der Waals surface area contributed by atoms with E-state index in [2.05, 4.69) is 30.5 Å². The van der Waals surface area contributed by atoms with Gasteiger partial charge < -0.3 is 19.3 Å². The van der Waals surface area contributed by atoms with Crippen LogP contribution in [-0.2, 0) is 17.8 Å². The summed E-state index contributed by atoms with van der Waals surface area (Å²) in [6.07, 6.45) is 0.896. The van der Waals surface area contributed by atoms with Gasteiger partial charge in [-0.25, -0.2) is 4.39 Å². The summed E-state index contributed by atoms with van der Waals surface area (Å²) >= 11 is 0. The van der Waals surface area contributed by atoms with Crippen LogP contribution < -0.4 is 4.90 Å². The van der Waals surface area contributed by atoms with E-state index in [1.165, 1.54) is 6.07 Å². The standard InChI is InChI=1S/C27H34FN3O3/c1-4-16-33-20-23(32)18-30(17-22-14-10-11-15-25(22)28)19-24-26(21-12-8-7-9-13-21)29-34-27(24)31(5-2)6-3/h4,7-15,23,32H,1,5-6,16-20H2,2-3H3/t23-/m0/s1. The van der Waals surface area contributed by atoms with Crippen molar-refractivity contribution in [3.05, 3.63) is 84.2 Å². The van der Waals surface area contributed by atoms with Crippen LogP contribution in [0.5, 0.6) is 0 Å². The number of aliphatic hydroxyl groups excluding tert-OH is 1. The maximum Gasteiger partial charge on any atom is 0.232 e. The minimum atomic E-state index is -0.747. The van der Waals surface area contributed by atoms with Crippen molar-refractivity contribution in [2.75, 3.05) is 37.7 Å². The van der Waals surface area contributed by atoms with Gasteiger partial charge in [-0.1, -0.05) is 59.8 Å². The maximum atomic E-state index is 14.5. The Morgan fingerprint density at radius 3 is 2.47 bits per heavy atom. The molecule has 1 heterocycles. The van der Waals surface area contributed by atoms with Gasteiger partial charge in [0.25, 0.3) is 0 Å². The molecule has 6 nitrogen and oxygen atoms in total. The van der Waals surface area contributed by atoms with E-state index in [9.17, 15) is 9.50 Å². The molecule has 182 valence electrons. The zero-order valence-corrected chi connectivity index (χ0v) is 20.0. The largest absolute Gasteiger partial charge is 0.389 e. The smallest absolute Gasteiger partial charge is 0.232 e. The summed E-state index contributed by atoms with van der Waals surface area (Å²) in [5, 5.41) is 15.0. The highest BCUT2D eigenvalue weighted by Gasteiger charge is 2.25. The van der Waals surface area contributed by atoms with E-state index in [1.54, 1.807) is 18.2 Å². The first-order chi connectivity index (χ1) is 16.6. The monoisotopic (exact) mass is 467 g/mol. The summed E-state index contributed by atoms with van der Waals surface area (Å²) in [5.41, 5.74) is 3.16. The Hall–Kier alpha value is -3.00. The predicted octanol–water partition coefficient (Wildman–Crippen LogP) is 4.89. The van der Waals surface area contributed by atoms with Crippen LogP contribution in [0.25, 0.3) is 11.3 Å². The second-order valence-electron chi connectivity index (χ2n) is 8.09. The fourth-order valence-electron chi connectivity index (χ4n) is 3.94. The second-order valence-corrected chi connectivity index (χ2v) is 8.09. The van der Waals surface area contributed by atoms with Crippen molar-refractivity contribution >= 4 is 5.88 Å². The molecule has 0 aliphatic heterocycles. The molecule has 3 rings (SSSR count). The van der Waals surface area contributed by atoms with E-state index in [4.69, 9.17) is 9.26 Å². The average Bonchev–Trinajstić information content (AvgIpc) is 3.25. The third-order valence-electron chi connectivity index (χ3n) is 5.61. The van der Waals surface area contributed by atoms with Crippen LogP contribution in [0.4, 0.5) is 10.3 Å². The molecule has 34 heavy (non-hydrogen) atoms. The first-order valence-corrected chi connectivity index (χ1v) is 11.7. The summed E-state index contributed by atoms with van der Waals surface area (Å²) in [6, 6.07) is 16.6. The van der Waals surface area contributed by atoms with Gasteiger partial charge in [-0.2, -0.15) is 0 Å². The SMILES string of the molecule is C=CCOC[C@@H](O)CN(Cc1ccccc1F)Cc1c(-c2ccccc2)noc1N(CC)CC. The van der Waals surface area contributed by atoms with Crippen LogP contribution >= 0.6 is 0 Å². The third kappa shape index (κ3) is 6.76. The number of rotatable bonds is 14. The molecule has 0 unspecified atom stereocenters. The van der Waals surface area contributed by atoms with Crippen LogP contribution in [0.3, 0.4) is 0 Å². The Labute approximate surface area is 201 Å². The molecule has 2 aromatic carbocycles. The first kappa shape index (κ1) is 25.6. The average molecular weight is 468 g/mol. The fourth-order valence-corrected chi connectivity index (χ4v) is 3.94. The molecular formula is C27H34FN3O3. The van der Waals surface area contributed by atoms with E-state index < -0.39 is 6.10 Å². The maximum absolute atomic E-state index is 14.5. The van der Waals surface area contributed by atoms with Crippen molar-refractivity contribution < 1.29 is 18.8 Å².